The first-order chi connectivity index (χ1) is 10.7. The first-order valence-corrected chi connectivity index (χ1v) is 8.65. The smallest absolute Gasteiger partial charge is 0.189 e. The molecule has 1 atom stereocenters. The average molecular weight is 310 g/mol. The fourth-order valence-electron chi connectivity index (χ4n) is 2.16. The summed E-state index contributed by atoms with van der Waals surface area (Å²) in [7, 11) is 0. The molecule has 0 aliphatic rings. The zero-order valence-electron chi connectivity index (χ0n) is 12.9. The van der Waals surface area contributed by atoms with Gasteiger partial charge in [-0.05, 0) is 23.5 Å². The van der Waals surface area contributed by atoms with Crippen molar-refractivity contribution < 1.29 is 4.79 Å². The quantitative estimate of drug-likeness (QED) is 0.696. The molecule has 2 heteroatoms. The minimum atomic E-state index is 0.275. The van der Waals surface area contributed by atoms with Crippen molar-refractivity contribution in [3.05, 3.63) is 77.9 Å². The molecule has 0 N–H and O–H groups in total. The highest BCUT2D eigenvalue weighted by molar-refractivity contribution is 8.13. The molecule has 0 amide bonds. The van der Waals surface area contributed by atoms with Crippen LogP contribution in [0.2, 0.25) is 0 Å². The molecule has 0 bridgehead atoms. The van der Waals surface area contributed by atoms with Crippen LogP contribution in [0.15, 0.2) is 66.7 Å². The van der Waals surface area contributed by atoms with E-state index >= 15 is 0 Å². The SMILES string of the molecule is C[C@@H](/C=C/c1ccccc1)CC(=O)SCCc1ccccc1. The number of thioether (sulfide) groups is 1. The molecule has 0 radical (unpaired) electrons. The molecule has 2 rings (SSSR count). The Kier molecular flexibility index (Phi) is 6.98. The number of hydrogen-bond acceptors (Lipinski definition) is 2. The summed E-state index contributed by atoms with van der Waals surface area (Å²) < 4.78 is 0. The van der Waals surface area contributed by atoms with Crippen LogP contribution in [0.5, 0.6) is 0 Å². The fourth-order valence-corrected chi connectivity index (χ4v) is 3.10. The summed E-state index contributed by atoms with van der Waals surface area (Å²) in [5.41, 5.74) is 2.47. The van der Waals surface area contributed by atoms with Crippen LogP contribution in [0.3, 0.4) is 0 Å². The average Bonchev–Trinajstić information content (AvgIpc) is 2.55. The number of carbonyl (C=O) groups excluding carboxylic acids is 1. The Morgan fingerprint density at radius 2 is 1.68 bits per heavy atom. The van der Waals surface area contributed by atoms with Gasteiger partial charge in [-0.25, -0.2) is 0 Å². The Balaban J connectivity index is 1.69. The van der Waals surface area contributed by atoms with E-state index in [9.17, 15) is 4.79 Å². The maximum Gasteiger partial charge on any atom is 0.189 e. The second kappa shape index (κ2) is 9.26. The molecule has 0 fully saturated rings. The molecule has 0 spiro atoms. The normalized spacial score (nSPS) is 12.4. The zero-order valence-corrected chi connectivity index (χ0v) is 13.8. The lowest BCUT2D eigenvalue weighted by Crippen LogP contribution is -2.01. The van der Waals surface area contributed by atoms with Gasteiger partial charge >= 0.3 is 0 Å². The molecule has 0 heterocycles. The molecular formula is C20H22OS. The van der Waals surface area contributed by atoms with Gasteiger partial charge in [0.15, 0.2) is 5.12 Å². The van der Waals surface area contributed by atoms with Gasteiger partial charge in [-0.1, -0.05) is 91.5 Å². The van der Waals surface area contributed by atoms with E-state index in [1.807, 2.05) is 36.4 Å². The minimum absolute atomic E-state index is 0.275. The van der Waals surface area contributed by atoms with Crippen molar-refractivity contribution in [3.63, 3.8) is 0 Å². The van der Waals surface area contributed by atoms with Gasteiger partial charge in [0.25, 0.3) is 0 Å². The van der Waals surface area contributed by atoms with Crippen LogP contribution in [0, 0.1) is 5.92 Å². The lowest BCUT2D eigenvalue weighted by Gasteiger charge is -2.05. The zero-order chi connectivity index (χ0) is 15.6. The maximum absolute atomic E-state index is 12.0. The summed E-state index contributed by atoms with van der Waals surface area (Å²) in [5.74, 6) is 1.13. The third kappa shape index (κ3) is 6.31. The van der Waals surface area contributed by atoms with Crippen molar-refractivity contribution in [2.24, 2.45) is 5.92 Å². The summed E-state index contributed by atoms with van der Waals surface area (Å²) in [6, 6.07) is 20.5. The Morgan fingerprint density at radius 1 is 1.05 bits per heavy atom. The Bertz CT molecular complexity index is 590. The molecule has 22 heavy (non-hydrogen) atoms. The molecule has 1 nitrogen and oxygen atoms in total. The van der Waals surface area contributed by atoms with E-state index in [1.54, 1.807) is 0 Å². The minimum Gasteiger partial charge on any atom is -0.287 e. The second-order valence-corrected chi connectivity index (χ2v) is 6.56. The predicted octanol–water partition coefficient (Wildman–Crippen LogP) is 5.23. The number of allylic oxidation sites excluding steroid dienone is 1. The Hall–Kier alpha value is -1.80. The summed E-state index contributed by atoms with van der Waals surface area (Å²) in [6.07, 6.45) is 5.76. The summed E-state index contributed by atoms with van der Waals surface area (Å²) in [6.45, 7) is 2.09. The molecule has 0 saturated heterocycles. The van der Waals surface area contributed by atoms with E-state index in [0.29, 0.717) is 6.42 Å². The highest BCUT2D eigenvalue weighted by atomic mass is 32.2. The van der Waals surface area contributed by atoms with E-state index in [4.69, 9.17) is 0 Å². The van der Waals surface area contributed by atoms with Crippen LogP contribution in [-0.2, 0) is 11.2 Å². The molecule has 114 valence electrons. The first kappa shape index (κ1) is 16.6. The van der Waals surface area contributed by atoms with Crippen LogP contribution in [0.4, 0.5) is 0 Å². The second-order valence-electron chi connectivity index (χ2n) is 5.41. The lowest BCUT2D eigenvalue weighted by atomic mass is 10.1. The number of benzene rings is 2. The number of hydrogen-bond donors (Lipinski definition) is 0. The van der Waals surface area contributed by atoms with Gasteiger partial charge in [0.1, 0.15) is 0 Å². The van der Waals surface area contributed by atoms with Crippen LogP contribution in [0.1, 0.15) is 24.5 Å². The predicted molar refractivity (Wildman–Crippen MR) is 96.9 cm³/mol. The highest BCUT2D eigenvalue weighted by Gasteiger charge is 2.07. The van der Waals surface area contributed by atoms with Gasteiger partial charge in [-0.2, -0.15) is 0 Å². The van der Waals surface area contributed by atoms with E-state index in [1.165, 1.54) is 22.9 Å². The standard InChI is InChI=1S/C20H22OS/c1-17(12-13-18-8-4-2-5-9-18)16-20(21)22-15-14-19-10-6-3-7-11-19/h2-13,17H,14-16H2,1H3/b13-12+/t17-/m0/s1. The molecule has 0 aliphatic heterocycles. The fraction of sp³-hybridized carbons (Fsp3) is 0.250. The highest BCUT2D eigenvalue weighted by Crippen LogP contribution is 2.16. The third-order valence-electron chi connectivity index (χ3n) is 3.40. The largest absolute Gasteiger partial charge is 0.287 e. The van der Waals surface area contributed by atoms with E-state index in [0.717, 1.165) is 12.2 Å². The molecule has 2 aromatic rings. The first-order valence-electron chi connectivity index (χ1n) is 7.67. The summed E-state index contributed by atoms with van der Waals surface area (Å²) in [4.78, 5) is 12.0. The third-order valence-corrected chi connectivity index (χ3v) is 4.30. The molecule has 0 aromatic heterocycles. The van der Waals surface area contributed by atoms with Gasteiger partial charge in [0.2, 0.25) is 0 Å². The number of aryl methyl sites for hydroxylation is 1. The van der Waals surface area contributed by atoms with Gasteiger partial charge in [0, 0.05) is 12.2 Å². The number of rotatable bonds is 7. The Labute approximate surface area is 137 Å². The van der Waals surface area contributed by atoms with E-state index in [2.05, 4.69) is 43.3 Å². The molecule has 0 aliphatic carbocycles. The van der Waals surface area contributed by atoms with Crippen molar-refractivity contribution in [2.45, 2.75) is 19.8 Å². The monoisotopic (exact) mass is 310 g/mol. The van der Waals surface area contributed by atoms with Crippen molar-refractivity contribution in [2.75, 3.05) is 5.75 Å². The van der Waals surface area contributed by atoms with Crippen LogP contribution < -0.4 is 0 Å². The van der Waals surface area contributed by atoms with Crippen LogP contribution >= 0.6 is 11.8 Å². The lowest BCUT2D eigenvalue weighted by molar-refractivity contribution is -0.111. The van der Waals surface area contributed by atoms with Gasteiger partial charge in [0.05, 0.1) is 0 Å². The van der Waals surface area contributed by atoms with E-state index < -0.39 is 0 Å². The summed E-state index contributed by atoms with van der Waals surface area (Å²) in [5, 5.41) is 0.279. The topological polar surface area (TPSA) is 17.1 Å². The number of carbonyl (C=O) groups is 1. The molecule has 0 unspecified atom stereocenters. The van der Waals surface area contributed by atoms with Crippen molar-refractivity contribution >= 4 is 23.0 Å². The molecular weight excluding hydrogens is 288 g/mol. The van der Waals surface area contributed by atoms with Gasteiger partial charge < -0.3 is 0 Å². The maximum atomic E-state index is 12.0. The van der Waals surface area contributed by atoms with Crippen LogP contribution in [-0.4, -0.2) is 10.9 Å². The molecule has 2 aromatic carbocycles. The van der Waals surface area contributed by atoms with Crippen molar-refractivity contribution in [1.29, 1.82) is 0 Å². The van der Waals surface area contributed by atoms with Crippen LogP contribution in [0.25, 0.3) is 6.08 Å². The van der Waals surface area contributed by atoms with Gasteiger partial charge in [-0.15, -0.1) is 0 Å². The summed E-state index contributed by atoms with van der Waals surface area (Å²) >= 11 is 1.45. The Morgan fingerprint density at radius 3 is 2.36 bits per heavy atom. The van der Waals surface area contributed by atoms with Gasteiger partial charge in [-0.3, -0.25) is 4.79 Å². The van der Waals surface area contributed by atoms with E-state index in [-0.39, 0.29) is 11.0 Å². The van der Waals surface area contributed by atoms with Crippen molar-refractivity contribution in [1.82, 2.24) is 0 Å². The molecule has 0 saturated carbocycles. The van der Waals surface area contributed by atoms with Crippen molar-refractivity contribution in [3.8, 4) is 0 Å².